The Hall–Kier alpha value is -2.30. The number of amides is 1. The van der Waals surface area contributed by atoms with Crippen molar-refractivity contribution in [3.05, 3.63) is 51.5 Å². The average Bonchev–Trinajstić information content (AvgIpc) is 2.90. The highest BCUT2D eigenvalue weighted by atomic mass is 32.1. The molecule has 2 N–H and O–H groups in total. The lowest BCUT2D eigenvalue weighted by atomic mass is 10.2. The van der Waals surface area contributed by atoms with Crippen LogP contribution in [0.1, 0.15) is 15.2 Å². The number of rotatable bonds is 2. The van der Waals surface area contributed by atoms with E-state index in [0.29, 0.717) is 17.0 Å². The summed E-state index contributed by atoms with van der Waals surface area (Å²) in [4.78, 5) is 12.4. The first kappa shape index (κ1) is 15.1. The van der Waals surface area contributed by atoms with E-state index in [-0.39, 0.29) is 12.2 Å². The maximum atomic E-state index is 13.4. The van der Waals surface area contributed by atoms with E-state index in [1.165, 1.54) is 11.4 Å². The highest BCUT2D eigenvalue weighted by Crippen LogP contribution is 2.21. The van der Waals surface area contributed by atoms with Crippen LogP contribution in [0, 0.1) is 29.3 Å². The second-order valence-corrected chi connectivity index (χ2v) is 4.77. The number of carbonyl (C=O) groups excluding carboxylic acids is 1. The molecular formula is C14H8F3NO2S. The van der Waals surface area contributed by atoms with E-state index in [4.69, 9.17) is 5.11 Å². The molecule has 0 atom stereocenters. The highest BCUT2D eigenvalue weighted by Gasteiger charge is 2.15. The van der Waals surface area contributed by atoms with Gasteiger partial charge in [-0.05, 0) is 6.07 Å². The molecule has 0 aliphatic rings. The van der Waals surface area contributed by atoms with Gasteiger partial charge in [0, 0.05) is 17.5 Å². The Morgan fingerprint density at radius 1 is 1.29 bits per heavy atom. The first-order valence-corrected chi connectivity index (χ1v) is 6.53. The molecule has 0 bridgehead atoms. The quantitative estimate of drug-likeness (QED) is 0.662. The number of aliphatic hydroxyl groups is 1. The maximum Gasteiger partial charge on any atom is 0.256 e. The van der Waals surface area contributed by atoms with E-state index in [0.717, 1.165) is 11.3 Å². The van der Waals surface area contributed by atoms with Crippen molar-refractivity contribution < 1.29 is 23.1 Å². The summed E-state index contributed by atoms with van der Waals surface area (Å²) in [6, 6.07) is 2.50. The Morgan fingerprint density at radius 2 is 2.05 bits per heavy atom. The van der Waals surface area contributed by atoms with Gasteiger partial charge in [0.15, 0.2) is 11.6 Å². The van der Waals surface area contributed by atoms with E-state index >= 15 is 0 Å². The molecule has 2 aromatic rings. The second kappa shape index (κ2) is 6.43. The lowest BCUT2D eigenvalue weighted by Crippen LogP contribution is -2.13. The smallest absolute Gasteiger partial charge is 0.256 e. The number of hydrogen-bond donors (Lipinski definition) is 2. The van der Waals surface area contributed by atoms with Gasteiger partial charge in [0.1, 0.15) is 12.4 Å². The molecular weight excluding hydrogens is 303 g/mol. The van der Waals surface area contributed by atoms with Crippen molar-refractivity contribution in [3.63, 3.8) is 0 Å². The zero-order valence-corrected chi connectivity index (χ0v) is 11.2. The molecule has 1 amide bonds. The zero-order valence-electron chi connectivity index (χ0n) is 10.4. The van der Waals surface area contributed by atoms with Crippen LogP contribution in [0.3, 0.4) is 0 Å². The summed E-state index contributed by atoms with van der Waals surface area (Å²) in [6.45, 7) is -0.312. The van der Waals surface area contributed by atoms with Gasteiger partial charge in [-0.3, -0.25) is 4.79 Å². The first-order valence-electron chi connectivity index (χ1n) is 5.65. The molecule has 7 heteroatoms. The van der Waals surface area contributed by atoms with E-state index in [9.17, 15) is 18.0 Å². The number of nitrogens with one attached hydrogen (secondary N) is 1. The zero-order chi connectivity index (χ0) is 15.4. The molecule has 21 heavy (non-hydrogen) atoms. The molecule has 3 nitrogen and oxygen atoms in total. The van der Waals surface area contributed by atoms with Gasteiger partial charge >= 0.3 is 0 Å². The number of aliphatic hydroxyl groups excluding tert-OH is 1. The van der Waals surface area contributed by atoms with Crippen LogP contribution in [-0.4, -0.2) is 17.6 Å². The highest BCUT2D eigenvalue weighted by molar-refractivity contribution is 7.10. The van der Waals surface area contributed by atoms with Gasteiger partial charge < -0.3 is 10.4 Å². The fourth-order valence-electron chi connectivity index (χ4n) is 1.49. The molecule has 0 spiro atoms. The molecule has 1 heterocycles. The fourth-order valence-corrected chi connectivity index (χ4v) is 2.24. The summed E-state index contributed by atoms with van der Waals surface area (Å²) >= 11 is 1.15. The summed E-state index contributed by atoms with van der Waals surface area (Å²) in [5.74, 6) is 0.594. The minimum Gasteiger partial charge on any atom is -0.384 e. The van der Waals surface area contributed by atoms with Crippen LogP contribution in [0.4, 0.5) is 18.9 Å². The molecule has 1 aromatic heterocycles. The number of benzene rings is 1. The monoisotopic (exact) mass is 311 g/mol. The van der Waals surface area contributed by atoms with Crippen molar-refractivity contribution in [2.75, 3.05) is 11.9 Å². The third-order valence-corrected chi connectivity index (χ3v) is 3.24. The molecule has 0 radical (unpaired) electrons. The van der Waals surface area contributed by atoms with Gasteiger partial charge in [0.25, 0.3) is 5.91 Å². The first-order chi connectivity index (χ1) is 10.0. The molecule has 0 aliphatic carbocycles. The minimum absolute atomic E-state index is 0.173. The summed E-state index contributed by atoms with van der Waals surface area (Å²) in [7, 11) is 0. The predicted molar refractivity (Wildman–Crippen MR) is 72.6 cm³/mol. The van der Waals surface area contributed by atoms with Gasteiger partial charge in [-0.1, -0.05) is 11.8 Å². The van der Waals surface area contributed by atoms with Crippen molar-refractivity contribution in [3.8, 4) is 11.8 Å². The van der Waals surface area contributed by atoms with Gasteiger partial charge in [0.2, 0.25) is 0 Å². The largest absolute Gasteiger partial charge is 0.384 e. The Kier molecular flexibility index (Phi) is 4.62. The Balaban J connectivity index is 2.20. The number of anilines is 1. The molecule has 108 valence electrons. The number of hydrogen-bond acceptors (Lipinski definition) is 3. The summed E-state index contributed by atoms with van der Waals surface area (Å²) < 4.78 is 39.5. The average molecular weight is 311 g/mol. The summed E-state index contributed by atoms with van der Waals surface area (Å²) in [5.41, 5.74) is -0.405. The van der Waals surface area contributed by atoms with Crippen LogP contribution in [0.2, 0.25) is 0 Å². The van der Waals surface area contributed by atoms with Crippen molar-refractivity contribution in [1.29, 1.82) is 0 Å². The molecule has 0 saturated heterocycles. The molecule has 0 saturated carbocycles. The van der Waals surface area contributed by atoms with Gasteiger partial charge in [-0.25, -0.2) is 13.2 Å². The third-order valence-electron chi connectivity index (χ3n) is 2.39. The Labute approximate surface area is 122 Å². The number of thiophene rings is 1. The third kappa shape index (κ3) is 3.62. The fraction of sp³-hybridized carbons (Fsp3) is 0.0714. The molecule has 0 unspecified atom stereocenters. The van der Waals surface area contributed by atoms with Gasteiger partial charge in [0.05, 0.1) is 16.1 Å². The van der Waals surface area contributed by atoms with Crippen molar-refractivity contribution in [2.24, 2.45) is 0 Å². The Morgan fingerprint density at radius 3 is 2.76 bits per heavy atom. The van der Waals surface area contributed by atoms with Crippen LogP contribution in [0.5, 0.6) is 0 Å². The van der Waals surface area contributed by atoms with E-state index < -0.39 is 29.0 Å². The van der Waals surface area contributed by atoms with E-state index in [1.807, 2.05) is 0 Å². The molecule has 1 aromatic carbocycles. The summed E-state index contributed by atoms with van der Waals surface area (Å²) in [6.07, 6.45) is 0. The van der Waals surface area contributed by atoms with Crippen molar-refractivity contribution in [2.45, 2.75) is 0 Å². The van der Waals surface area contributed by atoms with E-state index in [1.54, 1.807) is 0 Å². The van der Waals surface area contributed by atoms with Gasteiger partial charge in [-0.2, -0.15) is 0 Å². The number of carbonyl (C=O) groups is 1. The molecule has 2 rings (SSSR count). The predicted octanol–water partition coefficient (Wildman–Crippen LogP) is 2.76. The minimum atomic E-state index is -1.38. The second-order valence-electron chi connectivity index (χ2n) is 3.86. The van der Waals surface area contributed by atoms with Gasteiger partial charge in [-0.15, -0.1) is 11.3 Å². The summed E-state index contributed by atoms with van der Waals surface area (Å²) in [5, 5.41) is 12.1. The van der Waals surface area contributed by atoms with Crippen LogP contribution >= 0.6 is 11.3 Å². The molecule has 0 aliphatic heterocycles. The topological polar surface area (TPSA) is 49.3 Å². The van der Waals surface area contributed by atoms with Crippen LogP contribution in [0.25, 0.3) is 0 Å². The van der Waals surface area contributed by atoms with Crippen LogP contribution in [0.15, 0.2) is 23.6 Å². The lowest BCUT2D eigenvalue weighted by molar-refractivity contribution is 0.102. The van der Waals surface area contributed by atoms with Crippen LogP contribution in [-0.2, 0) is 0 Å². The standard InChI is InChI=1S/C14H8F3NO2S/c15-9-5-11(16)13(17)12(6-9)18-14(20)8-4-10(21-7-8)2-1-3-19/h4-7,19H,3H2,(H,18,20). The van der Waals surface area contributed by atoms with Crippen LogP contribution < -0.4 is 5.32 Å². The lowest BCUT2D eigenvalue weighted by Gasteiger charge is -2.06. The molecule has 0 fully saturated rings. The normalized spacial score (nSPS) is 9.90. The van der Waals surface area contributed by atoms with E-state index in [2.05, 4.69) is 17.2 Å². The maximum absolute atomic E-state index is 13.4. The Bertz CT molecular complexity index is 746. The van der Waals surface area contributed by atoms with Crippen molar-refractivity contribution in [1.82, 2.24) is 0 Å². The number of halogens is 3. The van der Waals surface area contributed by atoms with Crippen molar-refractivity contribution >= 4 is 22.9 Å². The SMILES string of the molecule is O=C(Nc1cc(F)cc(F)c1F)c1csc(C#CCO)c1.